The number of nitrogens with one attached hydrogen (secondary N) is 1. The molecule has 2 fully saturated rings. The number of nitrogens with zero attached hydrogens (tertiary/aromatic N) is 4. The molecule has 8 rings (SSSR count). The number of carbonyl (C=O) groups is 1. The number of methoxy groups -OCH3 is 2. The Kier molecular flexibility index (Phi) is 46.8. The lowest BCUT2D eigenvalue weighted by atomic mass is 9.80. The van der Waals surface area contributed by atoms with Gasteiger partial charge < -0.3 is 47.8 Å². The standard InChI is InChI=1S/C99H148N5O18P/c1-9-12-15-18-21-24-27-30-33-36-39-42-45-51-65-114-87-69-79(70-88(115-66-52-46-43-40-37-34-31-28-25-22-19-16-13-10-2)93(87)116-67-53-47-44-41-38-35-32-29-26-23-20-17-14-11-3)96(108)104-95(107)78(5)74-103(98(104)110)91-71-85(105)89(120-91)76-119-123(111,118-68-64-100-6)122-86-72-92(102-73-77(4)94(106)101-97(102)109)121-90(86)75-117-99(80-54-49-48-50-55-80,81-56-60-83(112-7)61-57-81)82-58-62-84(113-8)63-59-82/h48-50,54-63,69-70,73-74,85-86,89-92,105H,9-47,51-53,64-68,71-72,75-76H2,1-5,7-8H3,(H,101,106,109)/t85?,86?,89-,90-,91-,92-,123?/m1/s1. The number of aromatic nitrogens is 4. The van der Waals surface area contributed by atoms with Gasteiger partial charge in [-0.1, -0.05) is 326 Å². The highest BCUT2D eigenvalue weighted by atomic mass is 31.2. The summed E-state index contributed by atoms with van der Waals surface area (Å²) in [4.78, 5) is 77.2. The minimum atomic E-state index is -4.90. The van der Waals surface area contributed by atoms with Gasteiger partial charge in [0.1, 0.15) is 54.5 Å². The van der Waals surface area contributed by atoms with Crippen LogP contribution in [0.4, 0.5) is 0 Å². The molecule has 2 aromatic heterocycles. The first-order chi connectivity index (χ1) is 60.0. The van der Waals surface area contributed by atoms with E-state index in [2.05, 4.69) is 30.6 Å². The van der Waals surface area contributed by atoms with Crippen molar-refractivity contribution in [2.24, 2.45) is 0 Å². The summed E-state index contributed by atoms with van der Waals surface area (Å²) >= 11 is 0. The van der Waals surface area contributed by atoms with E-state index in [1.54, 1.807) is 26.4 Å². The van der Waals surface area contributed by atoms with Crippen LogP contribution in [0.15, 0.2) is 123 Å². The first-order valence-corrected chi connectivity index (χ1v) is 48.6. The van der Waals surface area contributed by atoms with Crippen molar-refractivity contribution in [3.63, 3.8) is 0 Å². The number of benzene rings is 4. The van der Waals surface area contributed by atoms with Gasteiger partial charge in [0.25, 0.3) is 17.0 Å². The van der Waals surface area contributed by atoms with Crippen LogP contribution in [0.3, 0.4) is 0 Å². The smallest absolute Gasteiger partial charge is 0.475 e. The van der Waals surface area contributed by atoms with Crippen LogP contribution in [0.5, 0.6) is 28.7 Å². The molecule has 23 nitrogen and oxygen atoms in total. The van der Waals surface area contributed by atoms with Crippen molar-refractivity contribution < 1.29 is 65.9 Å². The van der Waals surface area contributed by atoms with Crippen LogP contribution in [0.1, 0.15) is 354 Å². The normalized spacial score (nSPS) is 17.0. The molecule has 2 aliphatic heterocycles. The van der Waals surface area contributed by atoms with E-state index in [0.29, 0.717) is 58.3 Å². The number of carbonyl (C=O) groups excluding carboxylic acids is 1. The summed E-state index contributed by atoms with van der Waals surface area (Å²) in [5.74, 6) is 1.19. The number of aromatic amines is 1. The predicted molar refractivity (Wildman–Crippen MR) is 487 cm³/mol. The fourth-order valence-electron chi connectivity index (χ4n) is 16.6. The van der Waals surface area contributed by atoms with Crippen molar-refractivity contribution >= 4 is 13.7 Å². The highest BCUT2D eigenvalue weighted by Crippen LogP contribution is 2.54. The maximum atomic E-state index is 15.5. The van der Waals surface area contributed by atoms with Crippen LogP contribution in [0.25, 0.3) is 4.85 Å². The first-order valence-electron chi connectivity index (χ1n) is 47.2. The molecule has 3 unspecified atom stereocenters. The number of hydrogen-bond acceptors (Lipinski definition) is 18. The molecule has 0 radical (unpaired) electrons. The summed E-state index contributed by atoms with van der Waals surface area (Å²) in [5.41, 5.74) is -2.41. The SMILES string of the molecule is [C-]#[N+]CCOP(=O)(OC[C@H]1O[C@@H](n2cc(C)c(=O)n(C(=O)c3cc(OCCCCCCCCCCCCCCCC)c(OCCCCCCCCCCCCCCCC)c(OCCCCCCCCCCCCCCCC)c3)c2=O)CC1O)OC1C[C@H](n2cc(C)c(=O)[nH]c2=O)O[C@@H]1COC(c1ccccc1)(c1ccc(OC)cc1)c1ccc(OC)cc1. The number of H-pyrrole nitrogens is 1. The van der Waals surface area contributed by atoms with E-state index in [1.807, 2.05) is 78.9 Å². The molecule has 0 amide bonds. The molecular formula is C99H148N5O18P. The number of rotatable bonds is 67. The van der Waals surface area contributed by atoms with Crippen LogP contribution < -0.4 is 46.2 Å². The largest absolute Gasteiger partial charge is 0.497 e. The number of ether oxygens (including phenoxy) is 8. The van der Waals surface area contributed by atoms with E-state index in [4.69, 9.17) is 58.0 Å². The van der Waals surface area contributed by atoms with Crippen molar-refractivity contribution in [3.8, 4) is 28.7 Å². The minimum absolute atomic E-state index is 0.0208. The Labute approximate surface area is 733 Å². The summed E-state index contributed by atoms with van der Waals surface area (Å²) < 4.78 is 88.5. The molecule has 682 valence electrons. The number of hydrogen-bond donors (Lipinski definition) is 2. The summed E-state index contributed by atoms with van der Waals surface area (Å²) in [5, 5.41) is 11.9. The van der Waals surface area contributed by atoms with E-state index in [9.17, 15) is 19.5 Å². The van der Waals surface area contributed by atoms with Gasteiger partial charge in [0, 0.05) is 41.9 Å². The third kappa shape index (κ3) is 33.3. The quantitative estimate of drug-likeness (QED) is 0.0156. The van der Waals surface area contributed by atoms with Crippen LogP contribution in [-0.2, 0) is 37.9 Å². The Morgan fingerprint density at radius 2 is 0.911 bits per heavy atom. The molecule has 0 aliphatic carbocycles. The highest BCUT2D eigenvalue weighted by molar-refractivity contribution is 7.48. The van der Waals surface area contributed by atoms with Crippen molar-refractivity contribution in [2.45, 2.75) is 360 Å². The van der Waals surface area contributed by atoms with Gasteiger partial charge in [0.05, 0.1) is 53.4 Å². The molecule has 0 bridgehead atoms. The Hall–Kier alpha value is -7.65. The van der Waals surface area contributed by atoms with Crippen molar-refractivity contribution in [3.05, 3.63) is 190 Å². The van der Waals surface area contributed by atoms with Crippen LogP contribution in [-0.4, -0.2) is 115 Å². The Balaban J connectivity index is 1.02. The third-order valence-corrected chi connectivity index (χ3v) is 25.4. The number of aliphatic hydroxyl groups excluding tert-OH is 1. The maximum Gasteiger partial charge on any atom is 0.475 e. The first kappa shape index (κ1) is 101. The summed E-state index contributed by atoms with van der Waals surface area (Å²) in [6.07, 6.45) is 45.3. The summed E-state index contributed by atoms with van der Waals surface area (Å²) in [7, 11) is -1.76. The van der Waals surface area contributed by atoms with Crippen molar-refractivity contribution in [1.82, 2.24) is 18.7 Å². The van der Waals surface area contributed by atoms with E-state index in [0.717, 1.165) is 75.2 Å². The topological polar surface area (TPSA) is 259 Å². The van der Waals surface area contributed by atoms with Gasteiger partial charge in [-0.3, -0.25) is 42.1 Å². The van der Waals surface area contributed by atoms with Gasteiger partial charge in [-0.15, -0.1) is 0 Å². The molecule has 2 aliphatic rings. The molecule has 123 heavy (non-hydrogen) atoms. The second-order valence-electron chi connectivity index (χ2n) is 33.8. The minimum Gasteiger partial charge on any atom is -0.497 e. The zero-order chi connectivity index (χ0) is 87.7. The Morgan fingerprint density at radius 1 is 0.504 bits per heavy atom. The predicted octanol–water partition coefficient (Wildman–Crippen LogP) is 22.9. The van der Waals surface area contributed by atoms with Gasteiger partial charge in [-0.05, 0) is 86.2 Å². The Morgan fingerprint density at radius 3 is 1.35 bits per heavy atom. The molecule has 0 saturated carbocycles. The summed E-state index contributed by atoms with van der Waals surface area (Å²) in [6, 6.07) is 27.4. The molecule has 6 aromatic rings. The second kappa shape index (κ2) is 57.1. The highest BCUT2D eigenvalue weighted by Gasteiger charge is 2.48. The van der Waals surface area contributed by atoms with Crippen LogP contribution in [0, 0.1) is 20.4 Å². The number of aliphatic hydroxyl groups is 1. The van der Waals surface area contributed by atoms with Gasteiger partial charge in [0.15, 0.2) is 11.5 Å². The van der Waals surface area contributed by atoms with Gasteiger partial charge in [0.2, 0.25) is 12.3 Å². The molecule has 24 heteroatoms. The summed E-state index contributed by atoms with van der Waals surface area (Å²) in [6.45, 7) is 16.8. The zero-order valence-electron chi connectivity index (χ0n) is 75.5. The lowest BCUT2D eigenvalue weighted by Gasteiger charge is -2.37. The third-order valence-electron chi connectivity index (χ3n) is 23.9. The Bertz CT molecular complexity index is 4210. The van der Waals surface area contributed by atoms with Crippen LogP contribution >= 0.6 is 7.82 Å². The van der Waals surface area contributed by atoms with Crippen molar-refractivity contribution in [1.29, 1.82) is 0 Å². The van der Waals surface area contributed by atoms with E-state index >= 15 is 14.2 Å². The fraction of sp³-hybridized carbons (Fsp3) is 0.657. The number of phosphoric acid groups is 1. The van der Waals surface area contributed by atoms with E-state index in [1.165, 1.54) is 230 Å². The number of unbranched alkanes of at least 4 members (excludes halogenated alkanes) is 39. The molecule has 4 heterocycles. The maximum absolute atomic E-state index is 15.5. The van der Waals surface area contributed by atoms with E-state index in [-0.39, 0.29) is 54.2 Å². The fourth-order valence-corrected chi connectivity index (χ4v) is 18.0. The van der Waals surface area contributed by atoms with Crippen LogP contribution in [0.2, 0.25) is 0 Å². The molecule has 2 N–H and O–H groups in total. The second-order valence-corrected chi connectivity index (χ2v) is 35.4. The average Bonchev–Trinajstić information content (AvgIpc) is 1.77. The number of phosphoric ester groups is 1. The average molecular weight is 1730 g/mol. The molecule has 0 spiro atoms. The van der Waals surface area contributed by atoms with E-state index < -0.39 is 91.9 Å². The lowest BCUT2D eigenvalue weighted by molar-refractivity contribution is -0.0960. The number of aryl methyl sites for hydroxylation is 2. The monoisotopic (exact) mass is 1730 g/mol. The zero-order valence-corrected chi connectivity index (χ0v) is 76.4. The van der Waals surface area contributed by atoms with Gasteiger partial charge >= 0.3 is 19.2 Å². The molecule has 4 aromatic carbocycles. The van der Waals surface area contributed by atoms with Gasteiger partial charge in [-0.2, -0.15) is 4.57 Å². The van der Waals surface area contributed by atoms with Crippen molar-refractivity contribution in [2.75, 3.05) is 60.4 Å². The molecule has 2 saturated heterocycles. The molecular weight excluding hydrogens is 1580 g/mol. The lowest BCUT2D eigenvalue weighted by Crippen LogP contribution is -2.45. The van der Waals surface area contributed by atoms with Gasteiger partial charge in [-0.25, -0.2) is 20.7 Å². The molecule has 7 atom stereocenters.